The third-order valence-electron chi connectivity index (χ3n) is 3.79. The van der Waals surface area contributed by atoms with E-state index in [-0.39, 0.29) is 23.9 Å². The number of carbonyl (C=O) groups excluding carboxylic acids is 2. The standard InChI is InChI=1S/C23H31N3O3/c1-16(2)15-29-20-11-9-18(10-12-20)25-21(27)14-24-19-8-6-7-17(13-19)22(28)26-23(3,4)5/h6-13,16,24H,14-15H2,1-5H3,(H,25,27)(H,26,28). The number of benzene rings is 2. The van der Waals surface area contributed by atoms with Crippen molar-refractivity contribution in [2.45, 2.75) is 40.2 Å². The lowest BCUT2D eigenvalue weighted by atomic mass is 10.1. The summed E-state index contributed by atoms with van der Waals surface area (Å²) in [4.78, 5) is 24.5. The zero-order chi connectivity index (χ0) is 21.4. The summed E-state index contributed by atoms with van der Waals surface area (Å²) in [7, 11) is 0. The van der Waals surface area contributed by atoms with Crippen molar-refractivity contribution < 1.29 is 14.3 Å². The van der Waals surface area contributed by atoms with E-state index in [4.69, 9.17) is 4.74 Å². The van der Waals surface area contributed by atoms with Gasteiger partial charge in [0.1, 0.15) is 5.75 Å². The Morgan fingerprint density at radius 1 is 1.00 bits per heavy atom. The van der Waals surface area contributed by atoms with Crippen LogP contribution in [-0.2, 0) is 4.79 Å². The van der Waals surface area contributed by atoms with Crippen molar-refractivity contribution in [2.24, 2.45) is 5.92 Å². The Balaban J connectivity index is 1.86. The summed E-state index contributed by atoms with van der Waals surface area (Å²) in [6.07, 6.45) is 0. The Hall–Kier alpha value is -3.02. The van der Waals surface area contributed by atoms with E-state index in [9.17, 15) is 9.59 Å². The second kappa shape index (κ2) is 9.96. The van der Waals surface area contributed by atoms with Crippen molar-refractivity contribution >= 4 is 23.2 Å². The van der Waals surface area contributed by atoms with E-state index in [2.05, 4.69) is 29.8 Å². The predicted molar refractivity (Wildman–Crippen MR) is 118 cm³/mol. The minimum atomic E-state index is -0.310. The number of carbonyl (C=O) groups is 2. The van der Waals surface area contributed by atoms with Gasteiger partial charge in [-0.25, -0.2) is 0 Å². The zero-order valence-electron chi connectivity index (χ0n) is 17.8. The number of hydrogen-bond donors (Lipinski definition) is 3. The molecule has 0 fully saturated rings. The van der Waals surface area contributed by atoms with Crippen LogP contribution in [0.5, 0.6) is 5.75 Å². The van der Waals surface area contributed by atoms with Gasteiger partial charge in [0.25, 0.3) is 5.91 Å². The maximum atomic E-state index is 12.3. The summed E-state index contributed by atoms with van der Waals surface area (Å²) < 4.78 is 5.64. The molecule has 2 rings (SSSR count). The molecule has 6 nitrogen and oxygen atoms in total. The van der Waals surface area contributed by atoms with Gasteiger partial charge in [-0.2, -0.15) is 0 Å². The first kappa shape index (κ1) is 22.3. The highest BCUT2D eigenvalue weighted by Crippen LogP contribution is 2.17. The summed E-state index contributed by atoms with van der Waals surface area (Å²) in [5.74, 6) is 0.912. The maximum Gasteiger partial charge on any atom is 0.251 e. The molecule has 2 aromatic rings. The normalized spacial score (nSPS) is 11.1. The minimum Gasteiger partial charge on any atom is -0.493 e. The molecule has 0 spiro atoms. The Morgan fingerprint density at radius 2 is 1.69 bits per heavy atom. The lowest BCUT2D eigenvalue weighted by Crippen LogP contribution is -2.40. The highest BCUT2D eigenvalue weighted by molar-refractivity contribution is 5.96. The summed E-state index contributed by atoms with van der Waals surface area (Å²) in [6, 6.07) is 14.4. The molecule has 0 radical (unpaired) electrons. The van der Waals surface area contributed by atoms with Gasteiger partial charge in [0.05, 0.1) is 13.2 Å². The fraction of sp³-hybridized carbons (Fsp3) is 0.391. The molecule has 0 atom stereocenters. The third-order valence-corrected chi connectivity index (χ3v) is 3.79. The van der Waals surface area contributed by atoms with Gasteiger partial charge in [0, 0.05) is 22.5 Å². The molecule has 29 heavy (non-hydrogen) atoms. The van der Waals surface area contributed by atoms with Crippen LogP contribution in [0.4, 0.5) is 11.4 Å². The Labute approximate surface area is 173 Å². The molecular weight excluding hydrogens is 366 g/mol. The van der Waals surface area contributed by atoms with E-state index in [0.717, 1.165) is 5.75 Å². The highest BCUT2D eigenvalue weighted by Gasteiger charge is 2.15. The molecule has 0 aliphatic heterocycles. The third kappa shape index (κ3) is 8.25. The monoisotopic (exact) mass is 397 g/mol. The molecule has 156 valence electrons. The number of nitrogens with one attached hydrogen (secondary N) is 3. The van der Waals surface area contributed by atoms with Crippen molar-refractivity contribution in [2.75, 3.05) is 23.8 Å². The van der Waals surface area contributed by atoms with Crippen molar-refractivity contribution in [1.29, 1.82) is 0 Å². The number of anilines is 2. The van der Waals surface area contributed by atoms with Gasteiger partial charge >= 0.3 is 0 Å². The average Bonchev–Trinajstić information content (AvgIpc) is 2.65. The molecular formula is C23H31N3O3. The first-order valence-corrected chi connectivity index (χ1v) is 9.81. The van der Waals surface area contributed by atoms with Crippen LogP contribution in [-0.4, -0.2) is 30.5 Å². The van der Waals surface area contributed by atoms with Crippen molar-refractivity contribution in [3.8, 4) is 5.75 Å². The summed E-state index contributed by atoms with van der Waals surface area (Å²) >= 11 is 0. The van der Waals surface area contributed by atoms with Gasteiger partial charge < -0.3 is 20.7 Å². The molecule has 2 amide bonds. The van der Waals surface area contributed by atoms with Crippen LogP contribution in [0.1, 0.15) is 45.0 Å². The summed E-state index contributed by atoms with van der Waals surface area (Å²) in [5, 5.41) is 8.81. The topological polar surface area (TPSA) is 79.5 Å². The van der Waals surface area contributed by atoms with Crippen molar-refractivity contribution in [1.82, 2.24) is 5.32 Å². The van der Waals surface area contributed by atoms with Gasteiger partial charge in [-0.3, -0.25) is 9.59 Å². The largest absolute Gasteiger partial charge is 0.493 e. The smallest absolute Gasteiger partial charge is 0.251 e. The van der Waals surface area contributed by atoms with Crippen molar-refractivity contribution in [3.63, 3.8) is 0 Å². The van der Waals surface area contributed by atoms with Crippen LogP contribution >= 0.6 is 0 Å². The number of amides is 2. The SMILES string of the molecule is CC(C)COc1ccc(NC(=O)CNc2cccc(C(=O)NC(C)(C)C)c2)cc1. The van der Waals surface area contributed by atoms with Gasteiger partial charge in [-0.1, -0.05) is 19.9 Å². The van der Waals surface area contributed by atoms with Crippen LogP contribution in [0.3, 0.4) is 0 Å². The highest BCUT2D eigenvalue weighted by atomic mass is 16.5. The van der Waals surface area contributed by atoms with Gasteiger partial charge in [-0.15, -0.1) is 0 Å². The van der Waals surface area contributed by atoms with Gasteiger partial charge in [0.15, 0.2) is 0 Å². The molecule has 6 heteroatoms. The summed E-state index contributed by atoms with van der Waals surface area (Å²) in [5.41, 5.74) is 1.64. The second-order valence-corrected chi connectivity index (χ2v) is 8.42. The molecule has 0 aliphatic rings. The van der Waals surface area contributed by atoms with Crippen LogP contribution in [0, 0.1) is 5.92 Å². The maximum absolute atomic E-state index is 12.3. The number of rotatable bonds is 8. The van der Waals surface area contributed by atoms with E-state index in [1.54, 1.807) is 18.2 Å². The van der Waals surface area contributed by atoms with Crippen LogP contribution in [0.25, 0.3) is 0 Å². The Bertz CT molecular complexity index is 824. The molecule has 0 bridgehead atoms. The second-order valence-electron chi connectivity index (χ2n) is 8.42. The van der Waals surface area contributed by atoms with Crippen LogP contribution in [0.15, 0.2) is 48.5 Å². The van der Waals surface area contributed by atoms with Crippen LogP contribution in [0.2, 0.25) is 0 Å². The first-order valence-electron chi connectivity index (χ1n) is 9.81. The van der Waals surface area contributed by atoms with E-state index in [1.165, 1.54) is 0 Å². The van der Waals surface area contributed by atoms with Gasteiger partial charge in [-0.05, 0) is 69.2 Å². The fourth-order valence-electron chi connectivity index (χ4n) is 2.47. The quantitative estimate of drug-likeness (QED) is 0.620. The molecule has 0 saturated carbocycles. The van der Waals surface area contributed by atoms with Crippen LogP contribution < -0.4 is 20.7 Å². The molecule has 0 saturated heterocycles. The molecule has 0 unspecified atom stereocenters. The zero-order valence-corrected chi connectivity index (χ0v) is 17.8. The van der Waals surface area contributed by atoms with E-state index in [1.807, 2.05) is 51.1 Å². The lowest BCUT2D eigenvalue weighted by molar-refractivity contribution is -0.114. The lowest BCUT2D eigenvalue weighted by Gasteiger charge is -2.20. The molecule has 0 aliphatic carbocycles. The molecule has 0 heterocycles. The summed E-state index contributed by atoms with van der Waals surface area (Å²) in [6.45, 7) is 10.7. The van der Waals surface area contributed by atoms with E-state index >= 15 is 0 Å². The van der Waals surface area contributed by atoms with Crippen molar-refractivity contribution in [3.05, 3.63) is 54.1 Å². The molecule has 3 N–H and O–H groups in total. The molecule has 0 aromatic heterocycles. The average molecular weight is 398 g/mol. The molecule has 2 aromatic carbocycles. The number of ether oxygens (including phenoxy) is 1. The minimum absolute atomic E-state index is 0.0932. The Kier molecular flexibility index (Phi) is 7.65. The van der Waals surface area contributed by atoms with Gasteiger partial charge in [0.2, 0.25) is 5.91 Å². The Morgan fingerprint density at radius 3 is 2.31 bits per heavy atom. The predicted octanol–water partition coefficient (Wildman–Crippen LogP) is 4.30. The number of hydrogen-bond acceptors (Lipinski definition) is 4. The fourth-order valence-corrected chi connectivity index (χ4v) is 2.47. The van der Waals surface area contributed by atoms with E-state index in [0.29, 0.717) is 29.5 Å². The van der Waals surface area contributed by atoms with E-state index < -0.39 is 0 Å². The first-order chi connectivity index (χ1) is 13.6.